The molecule has 22 heavy (non-hydrogen) atoms. The van der Waals surface area contributed by atoms with Gasteiger partial charge in [-0.25, -0.2) is 0 Å². The van der Waals surface area contributed by atoms with E-state index < -0.39 is 5.60 Å². The van der Waals surface area contributed by atoms with Crippen LogP contribution in [0, 0.1) is 0 Å². The third-order valence-electron chi connectivity index (χ3n) is 4.21. The summed E-state index contributed by atoms with van der Waals surface area (Å²) in [5, 5.41) is 11.1. The first-order valence-corrected chi connectivity index (χ1v) is 7.38. The number of nitrogens with zero attached hydrogens (tertiary/aromatic N) is 1. The Morgan fingerprint density at radius 3 is 2.64 bits per heavy atom. The molecule has 1 saturated carbocycles. The molecule has 1 aromatic heterocycles. The molecule has 0 unspecified atom stereocenters. The third-order valence-corrected chi connectivity index (χ3v) is 4.21. The molecule has 0 bridgehead atoms. The lowest BCUT2D eigenvalue weighted by Crippen LogP contribution is -2.21. The molecule has 1 fully saturated rings. The molecule has 0 aliphatic heterocycles. The van der Waals surface area contributed by atoms with E-state index in [1.807, 2.05) is 48.5 Å². The Morgan fingerprint density at radius 1 is 1.00 bits per heavy atom. The number of pyridine rings is 1. The van der Waals surface area contributed by atoms with E-state index in [9.17, 15) is 9.90 Å². The number of benzene rings is 2. The molecule has 1 aliphatic carbocycles. The van der Waals surface area contributed by atoms with Crippen molar-refractivity contribution in [2.45, 2.75) is 18.4 Å². The van der Waals surface area contributed by atoms with Crippen molar-refractivity contribution in [3.8, 4) is 11.1 Å². The number of rotatable bonds is 3. The van der Waals surface area contributed by atoms with Crippen LogP contribution in [-0.2, 0) is 0 Å². The van der Waals surface area contributed by atoms with Crippen LogP contribution < -0.4 is 0 Å². The molecule has 2 aromatic carbocycles. The number of ketones is 1. The zero-order valence-electron chi connectivity index (χ0n) is 12.0. The lowest BCUT2D eigenvalue weighted by atomic mass is 9.98. The van der Waals surface area contributed by atoms with Crippen LogP contribution in [0.1, 0.15) is 23.2 Å². The maximum Gasteiger partial charge on any atom is 0.194 e. The minimum absolute atomic E-state index is 0.173. The van der Waals surface area contributed by atoms with Crippen LogP contribution in [0.25, 0.3) is 22.0 Å². The van der Waals surface area contributed by atoms with Gasteiger partial charge < -0.3 is 5.11 Å². The SMILES string of the molecule is O=C(c1cccc(-c2ccc3cccnc3c2)c1)C1(O)CC1. The highest BCUT2D eigenvalue weighted by Gasteiger charge is 2.48. The lowest BCUT2D eigenvalue weighted by Gasteiger charge is -2.09. The van der Waals surface area contributed by atoms with E-state index in [0.717, 1.165) is 22.0 Å². The quantitative estimate of drug-likeness (QED) is 0.749. The molecule has 0 amide bonds. The van der Waals surface area contributed by atoms with E-state index in [0.29, 0.717) is 18.4 Å². The molecule has 0 saturated heterocycles. The molecule has 0 radical (unpaired) electrons. The van der Waals surface area contributed by atoms with Gasteiger partial charge in [0.05, 0.1) is 5.52 Å². The average molecular weight is 289 g/mol. The van der Waals surface area contributed by atoms with Gasteiger partial charge in [-0.1, -0.05) is 36.4 Å². The summed E-state index contributed by atoms with van der Waals surface area (Å²) < 4.78 is 0. The van der Waals surface area contributed by atoms with Crippen LogP contribution in [-0.4, -0.2) is 21.5 Å². The molecule has 1 N–H and O–H groups in total. The van der Waals surface area contributed by atoms with Crippen molar-refractivity contribution in [1.82, 2.24) is 4.98 Å². The Morgan fingerprint density at radius 2 is 1.82 bits per heavy atom. The van der Waals surface area contributed by atoms with Crippen molar-refractivity contribution in [3.63, 3.8) is 0 Å². The molecule has 0 atom stereocenters. The summed E-state index contributed by atoms with van der Waals surface area (Å²) in [5.74, 6) is -0.173. The minimum atomic E-state index is -1.12. The summed E-state index contributed by atoms with van der Waals surface area (Å²) in [6.07, 6.45) is 2.90. The van der Waals surface area contributed by atoms with Crippen LogP contribution in [0.5, 0.6) is 0 Å². The standard InChI is InChI=1S/C19H15NO2/c21-18(19(22)8-9-19)16-4-1-3-14(11-16)15-7-6-13-5-2-10-20-17(13)12-15/h1-7,10-12,22H,8-9H2. The van der Waals surface area contributed by atoms with Crippen molar-refractivity contribution >= 4 is 16.7 Å². The normalized spacial score (nSPS) is 15.7. The summed E-state index contributed by atoms with van der Waals surface area (Å²) in [6.45, 7) is 0. The van der Waals surface area contributed by atoms with Gasteiger partial charge in [0.1, 0.15) is 5.60 Å². The number of aliphatic hydroxyl groups is 1. The van der Waals surface area contributed by atoms with Gasteiger partial charge in [-0.05, 0) is 42.2 Å². The first-order valence-electron chi connectivity index (χ1n) is 7.38. The second kappa shape index (κ2) is 4.75. The second-order valence-electron chi connectivity index (χ2n) is 5.85. The van der Waals surface area contributed by atoms with Crippen LogP contribution in [0.3, 0.4) is 0 Å². The number of Topliss-reactive ketones (excluding diaryl/α,β-unsaturated/α-hetero) is 1. The van der Waals surface area contributed by atoms with Crippen molar-refractivity contribution in [1.29, 1.82) is 0 Å². The minimum Gasteiger partial charge on any atom is -0.382 e. The van der Waals surface area contributed by atoms with Gasteiger partial charge in [0, 0.05) is 17.1 Å². The highest BCUT2D eigenvalue weighted by molar-refractivity contribution is 6.05. The van der Waals surface area contributed by atoms with Crippen molar-refractivity contribution in [3.05, 3.63) is 66.4 Å². The monoisotopic (exact) mass is 289 g/mol. The van der Waals surface area contributed by atoms with Crippen LogP contribution in [0.2, 0.25) is 0 Å². The van der Waals surface area contributed by atoms with Crippen molar-refractivity contribution in [2.24, 2.45) is 0 Å². The molecule has 1 aliphatic rings. The van der Waals surface area contributed by atoms with Gasteiger partial charge in [0.25, 0.3) is 0 Å². The molecule has 3 nitrogen and oxygen atoms in total. The van der Waals surface area contributed by atoms with E-state index in [2.05, 4.69) is 4.98 Å². The smallest absolute Gasteiger partial charge is 0.194 e. The number of fused-ring (bicyclic) bond motifs is 1. The second-order valence-corrected chi connectivity index (χ2v) is 5.85. The maximum atomic E-state index is 12.3. The van der Waals surface area contributed by atoms with Crippen molar-refractivity contribution < 1.29 is 9.90 Å². The fourth-order valence-corrected chi connectivity index (χ4v) is 2.70. The molecule has 1 heterocycles. The Bertz CT molecular complexity index is 881. The highest BCUT2D eigenvalue weighted by atomic mass is 16.3. The molecule has 4 rings (SSSR count). The maximum absolute atomic E-state index is 12.3. The molecule has 0 spiro atoms. The van der Waals surface area contributed by atoms with Gasteiger partial charge in [-0.3, -0.25) is 9.78 Å². The summed E-state index contributed by atoms with van der Waals surface area (Å²) >= 11 is 0. The predicted molar refractivity (Wildman–Crippen MR) is 85.7 cm³/mol. The predicted octanol–water partition coefficient (Wildman–Crippen LogP) is 3.61. The number of hydrogen-bond acceptors (Lipinski definition) is 3. The van der Waals surface area contributed by atoms with Gasteiger partial charge in [-0.15, -0.1) is 0 Å². The van der Waals surface area contributed by atoms with E-state index in [-0.39, 0.29) is 5.78 Å². The van der Waals surface area contributed by atoms with E-state index in [1.165, 1.54) is 0 Å². The first kappa shape index (κ1) is 13.2. The Labute approximate surface area is 128 Å². The number of carbonyl (C=O) groups is 1. The summed E-state index contributed by atoms with van der Waals surface area (Å²) in [5.41, 5.74) is 2.35. The van der Waals surface area contributed by atoms with Gasteiger partial charge in [0.15, 0.2) is 5.78 Å². The Hall–Kier alpha value is -2.52. The molecular weight excluding hydrogens is 274 g/mol. The number of hydrogen-bond donors (Lipinski definition) is 1. The zero-order valence-corrected chi connectivity index (χ0v) is 12.0. The fraction of sp³-hybridized carbons (Fsp3) is 0.158. The zero-order chi connectivity index (χ0) is 15.2. The van der Waals surface area contributed by atoms with Crippen LogP contribution in [0.4, 0.5) is 0 Å². The number of aromatic nitrogens is 1. The topological polar surface area (TPSA) is 50.2 Å². The average Bonchev–Trinajstić information content (AvgIpc) is 3.33. The van der Waals surface area contributed by atoms with Crippen LogP contribution >= 0.6 is 0 Å². The summed E-state index contributed by atoms with van der Waals surface area (Å²) in [7, 11) is 0. The van der Waals surface area contributed by atoms with Crippen LogP contribution in [0.15, 0.2) is 60.8 Å². The molecule has 3 heteroatoms. The highest BCUT2D eigenvalue weighted by Crippen LogP contribution is 2.38. The van der Waals surface area contributed by atoms with Crippen molar-refractivity contribution in [2.75, 3.05) is 0 Å². The largest absolute Gasteiger partial charge is 0.382 e. The van der Waals surface area contributed by atoms with Gasteiger partial charge in [-0.2, -0.15) is 0 Å². The summed E-state index contributed by atoms with van der Waals surface area (Å²) in [6, 6.07) is 17.5. The van der Waals surface area contributed by atoms with E-state index in [4.69, 9.17) is 0 Å². The first-order chi connectivity index (χ1) is 10.7. The Kier molecular flexibility index (Phi) is 2.84. The molecule has 3 aromatic rings. The lowest BCUT2D eigenvalue weighted by molar-refractivity contribution is 0.0690. The number of carbonyl (C=O) groups excluding carboxylic acids is 1. The fourth-order valence-electron chi connectivity index (χ4n) is 2.70. The third kappa shape index (κ3) is 2.20. The Balaban J connectivity index is 1.76. The van der Waals surface area contributed by atoms with E-state index in [1.54, 1.807) is 12.3 Å². The van der Waals surface area contributed by atoms with E-state index >= 15 is 0 Å². The van der Waals surface area contributed by atoms with Gasteiger partial charge >= 0.3 is 0 Å². The molecule has 108 valence electrons. The summed E-state index contributed by atoms with van der Waals surface area (Å²) in [4.78, 5) is 16.6. The van der Waals surface area contributed by atoms with Gasteiger partial charge in [0.2, 0.25) is 0 Å². The molecular formula is C19H15NO2.